The topological polar surface area (TPSA) is 169 Å². The number of aromatic nitrogens is 4. The molecule has 12 heteroatoms. The van der Waals surface area contributed by atoms with Crippen LogP contribution in [0.1, 0.15) is 85.6 Å². The van der Waals surface area contributed by atoms with E-state index in [1.807, 2.05) is 65.8 Å². The first-order valence-electron chi connectivity index (χ1n) is 17.7. The van der Waals surface area contributed by atoms with Crippen LogP contribution in [0.25, 0.3) is 44.4 Å². The number of rotatable bonds is 14. The molecule has 0 aliphatic carbocycles. The minimum atomic E-state index is -0.378. The molecule has 5 rings (SSSR count). The third kappa shape index (κ3) is 8.05. The number of aliphatic hydroxyl groups excluding tert-OH is 2. The lowest BCUT2D eigenvalue weighted by Gasteiger charge is -2.15. The number of fused-ring (bicyclic) bond motifs is 8. The van der Waals surface area contributed by atoms with E-state index in [0.29, 0.717) is 24.2 Å². The van der Waals surface area contributed by atoms with Gasteiger partial charge in [-0.2, -0.15) is 0 Å². The molecule has 0 aromatic carbocycles. The molecule has 0 saturated heterocycles. The summed E-state index contributed by atoms with van der Waals surface area (Å²) in [6.07, 6.45) is 0.548. The Morgan fingerprint density at radius 1 is 0.635 bits per heavy atom. The Kier molecular flexibility index (Phi) is 12.5. The summed E-state index contributed by atoms with van der Waals surface area (Å²) in [6, 6.07) is 8.01. The molecular weight excluding hydrogens is 664 g/mol. The van der Waals surface area contributed by atoms with Crippen molar-refractivity contribution < 1.29 is 38.7 Å². The minimum absolute atomic E-state index is 0.104. The van der Waals surface area contributed by atoms with Crippen LogP contribution in [0, 0.1) is 13.8 Å². The number of hydrogen-bond acceptors (Lipinski definition) is 10. The van der Waals surface area contributed by atoms with Crippen LogP contribution < -0.4 is 0 Å². The predicted molar refractivity (Wildman–Crippen MR) is 201 cm³/mol. The molecule has 2 aliphatic heterocycles. The summed E-state index contributed by atoms with van der Waals surface area (Å²) in [7, 11) is 2.77. The number of hydrogen-bond donors (Lipinski definition) is 4. The Hall–Kier alpha value is -4.62. The van der Waals surface area contributed by atoms with Crippen molar-refractivity contribution in [2.45, 2.75) is 79.4 Å². The number of nitrogens with zero attached hydrogens (tertiary/aromatic N) is 2. The number of H-pyrrole nitrogens is 2. The number of esters is 2. The highest BCUT2D eigenvalue weighted by atomic mass is 16.5. The lowest BCUT2D eigenvalue weighted by molar-refractivity contribution is -0.141. The van der Waals surface area contributed by atoms with Gasteiger partial charge in [0, 0.05) is 46.1 Å². The average molecular weight is 715 g/mol. The van der Waals surface area contributed by atoms with Gasteiger partial charge >= 0.3 is 11.9 Å². The van der Waals surface area contributed by atoms with E-state index in [0.717, 1.165) is 78.0 Å². The van der Waals surface area contributed by atoms with E-state index < -0.39 is 0 Å². The first-order chi connectivity index (χ1) is 24.9. The molecule has 0 saturated carbocycles. The second-order valence-electron chi connectivity index (χ2n) is 13.2. The number of allylic oxidation sites excluding steroid dienone is 2. The van der Waals surface area contributed by atoms with Crippen LogP contribution >= 0.6 is 0 Å². The number of carbonyl (C=O) groups excluding carboxylic acids is 2. The van der Waals surface area contributed by atoms with Gasteiger partial charge < -0.3 is 39.1 Å². The molecular formula is C40H50N4O8. The molecule has 8 bridgehead atoms. The Morgan fingerprint density at radius 2 is 1.04 bits per heavy atom. The monoisotopic (exact) mass is 714 g/mol. The molecule has 2 aliphatic rings. The SMILES string of the molecule is COC(=O)CCc1c(C)c2cc3nc(cc4nc(cc5[nH]c(cc1[nH]2)c(CCC(=O)OC)c5C)C(C(C)OCCO)=C4C)C(C(C)OCCO)=C3C. The Bertz CT molecular complexity index is 2070. The molecule has 5 heterocycles. The molecule has 52 heavy (non-hydrogen) atoms. The van der Waals surface area contributed by atoms with Crippen LogP contribution in [0.2, 0.25) is 0 Å². The summed E-state index contributed by atoms with van der Waals surface area (Å²) in [4.78, 5) is 42.1. The van der Waals surface area contributed by atoms with E-state index in [9.17, 15) is 19.8 Å². The number of aliphatic hydroxyl groups is 2. The summed E-state index contributed by atoms with van der Waals surface area (Å²) in [5.74, 6) is -0.610. The molecule has 0 fully saturated rings. The van der Waals surface area contributed by atoms with Gasteiger partial charge in [-0.15, -0.1) is 0 Å². The third-order valence-electron chi connectivity index (χ3n) is 9.98. The zero-order valence-electron chi connectivity index (χ0n) is 31.4. The van der Waals surface area contributed by atoms with Gasteiger partial charge in [0.2, 0.25) is 0 Å². The molecule has 3 aromatic heterocycles. The van der Waals surface area contributed by atoms with Crippen molar-refractivity contribution in [2.24, 2.45) is 0 Å². The molecule has 4 N–H and O–H groups in total. The van der Waals surface area contributed by atoms with Crippen LogP contribution in [0.4, 0.5) is 0 Å². The Balaban J connectivity index is 1.91. The second-order valence-corrected chi connectivity index (χ2v) is 13.2. The van der Waals surface area contributed by atoms with Crippen LogP contribution in [-0.2, 0) is 41.4 Å². The summed E-state index contributed by atoms with van der Waals surface area (Å²) in [6.45, 7) is 12.1. The van der Waals surface area contributed by atoms with Crippen molar-refractivity contribution in [3.63, 3.8) is 0 Å². The van der Waals surface area contributed by atoms with Gasteiger partial charge in [-0.3, -0.25) is 9.59 Å². The molecule has 0 amide bonds. The summed E-state index contributed by atoms with van der Waals surface area (Å²) in [5.41, 5.74) is 13.7. The smallest absolute Gasteiger partial charge is 0.305 e. The average Bonchev–Trinajstić information content (AvgIpc) is 3.80. The minimum Gasteiger partial charge on any atom is -0.469 e. The number of ether oxygens (including phenoxy) is 4. The van der Waals surface area contributed by atoms with Gasteiger partial charge in [-0.05, 0) is 112 Å². The van der Waals surface area contributed by atoms with E-state index in [1.165, 1.54) is 14.2 Å². The molecule has 2 atom stereocenters. The molecule has 0 radical (unpaired) electrons. The number of aryl methyl sites for hydroxylation is 4. The van der Waals surface area contributed by atoms with Gasteiger partial charge in [0.15, 0.2) is 0 Å². The zero-order valence-corrected chi connectivity index (χ0v) is 31.4. The summed E-state index contributed by atoms with van der Waals surface area (Å²) >= 11 is 0. The number of carbonyl (C=O) groups is 2. The van der Waals surface area contributed by atoms with Gasteiger partial charge in [0.05, 0.1) is 75.6 Å². The van der Waals surface area contributed by atoms with E-state index in [4.69, 9.17) is 28.9 Å². The van der Waals surface area contributed by atoms with Crippen molar-refractivity contribution in [1.29, 1.82) is 0 Å². The molecule has 3 aromatic rings. The largest absolute Gasteiger partial charge is 0.469 e. The van der Waals surface area contributed by atoms with Crippen molar-refractivity contribution in [1.82, 2.24) is 19.9 Å². The third-order valence-corrected chi connectivity index (χ3v) is 9.98. The molecule has 2 unspecified atom stereocenters. The lowest BCUT2D eigenvalue weighted by Crippen LogP contribution is -2.13. The maximum atomic E-state index is 12.3. The van der Waals surface area contributed by atoms with Gasteiger partial charge in [0.25, 0.3) is 0 Å². The van der Waals surface area contributed by atoms with E-state index in [2.05, 4.69) is 9.97 Å². The highest BCUT2D eigenvalue weighted by Crippen LogP contribution is 2.38. The summed E-state index contributed by atoms with van der Waals surface area (Å²) < 4.78 is 22.0. The van der Waals surface area contributed by atoms with E-state index in [-0.39, 0.29) is 63.4 Å². The van der Waals surface area contributed by atoms with Gasteiger partial charge in [-0.25, -0.2) is 9.97 Å². The lowest BCUT2D eigenvalue weighted by atomic mass is 9.99. The number of methoxy groups -OCH3 is 2. The first-order valence-corrected chi connectivity index (χ1v) is 17.7. The molecule has 278 valence electrons. The van der Waals surface area contributed by atoms with E-state index in [1.54, 1.807) is 0 Å². The zero-order chi connectivity index (χ0) is 37.7. The highest BCUT2D eigenvalue weighted by molar-refractivity contribution is 5.97. The normalized spacial score (nSPS) is 14.2. The Morgan fingerprint density at radius 3 is 1.46 bits per heavy atom. The number of nitrogens with one attached hydrogen (secondary N) is 2. The van der Waals surface area contributed by atoms with Crippen molar-refractivity contribution in [3.8, 4) is 0 Å². The predicted octanol–water partition coefficient (Wildman–Crippen LogP) is 5.80. The first kappa shape index (κ1) is 38.6. The fourth-order valence-corrected chi connectivity index (χ4v) is 7.10. The molecule has 0 spiro atoms. The van der Waals surface area contributed by atoms with Crippen LogP contribution in [0.5, 0.6) is 0 Å². The Labute approximate surface area is 303 Å². The quantitative estimate of drug-likeness (QED) is 0.150. The van der Waals surface area contributed by atoms with E-state index >= 15 is 0 Å². The fraction of sp³-hybridized carbons (Fsp3) is 0.450. The van der Waals surface area contributed by atoms with Gasteiger partial charge in [0.1, 0.15) is 0 Å². The molecule has 12 nitrogen and oxygen atoms in total. The van der Waals surface area contributed by atoms with Crippen LogP contribution in [0.3, 0.4) is 0 Å². The highest BCUT2D eigenvalue weighted by Gasteiger charge is 2.27. The van der Waals surface area contributed by atoms with Crippen LogP contribution in [0.15, 0.2) is 24.3 Å². The number of aromatic amines is 2. The maximum absolute atomic E-state index is 12.3. The van der Waals surface area contributed by atoms with Crippen LogP contribution in [-0.4, -0.2) is 94.9 Å². The maximum Gasteiger partial charge on any atom is 0.305 e. The van der Waals surface area contributed by atoms with Gasteiger partial charge in [-0.1, -0.05) is 0 Å². The standard InChI is InChI=1S/C40H50N4O8/c1-21-27(9-11-37(47)49-7)33-20-34-28(10-12-38(48)50-8)22(2)30(42-34)18-35-40(26(6)52-16-14-46)24(4)32(44-35)19-36-39(25(5)51-15-13-45)23(3)31(43-36)17-29(21)41-33/h17-20,25-26,41-42,45-46H,9-16H2,1-8H3. The van der Waals surface area contributed by atoms with Crippen molar-refractivity contribution >= 4 is 56.3 Å². The van der Waals surface area contributed by atoms with Crippen molar-refractivity contribution in [3.05, 3.63) is 69.3 Å². The second kappa shape index (κ2) is 16.8. The van der Waals surface area contributed by atoms with Crippen molar-refractivity contribution in [2.75, 3.05) is 40.6 Å². The fourth-order valence-electron chi connectivity index (χ4n) is 7.10. The summed E-state index contributed by atoms with van der Waals surface area (Å²) in [5, 5.41) is 19.1.